The second kappa shape index (κ2) is 8.55. The normalized spacial score (nSPS) is 13.6. The van der Waals surface area contributed by atoms with Gasteiger partial charge in [0.2, 0.25) is 0 Å². The predicted molar refractivity (Wildman–Crippen MR) is 60.8 cm³/mol. The Morgan fingerprint density at radius 2 is 1.46 bits per heavy atom. The molecule has 0 aromatic heterocycles. The van der Waals surface area contributed by atoms with Gasteiger partial charge in [-0.25, -0.2) is 0 Å². The Bertz CT molecular complexity index is 99.3. The zero-order chi connectivity index (χ0) is 10.1. The molecule has 0 aromatic carbocycles. The molecule has 0 aromatic rings. The maximum atomic E-state index is 5.98. The largest absolute Gasteiger partial charge is 0.328 e. The third-order valence-electron chi connectivity index (χ3n) is 2.53. The zero-order valence-corrected chi connectivity index (χ0v) is 9.68. The van der Waals surface area contributed by atoms with Crippen LogP contribution >= 0.6 is 0 Å². The van der Waals surface area contributed by atoms with Gasteiger partial charge in [0.05, 0.1) is 0 Å². The summed E-state index contributed by atoms with van der Waals surface area (Å²) in [5.41, 5.74) is 5.98. The molecule has 0 radical (unpaired) electrons. The van der Waals surface area contributed by atoms with Gasteiger partial charge in [-0.05, 0) is 18.8 Å². The third kappa shape index (κ3) is 9.88. The molecule has 0 amide bonds. The van der Waals surface area contributed by atoms with E-state index in [9.17, 15) is 0 Å². The molecule has 2 N–H and O–H groups in total. The van der Waals surface area contributed by atoms with E-state index < -0.39 is 0 Å². The van der Waals surface area contributed by atoms with Crippen molar-refractivity contribution < 1.29 is 0 Å². The molecule has 1 atom stereocenters. The van der Waals surface area contributed by atoms with Gasteiger partial charge in [-0.15, -0.1) is 0 Å². The van der Waals surface area contributed by atoms with Crippen molar-refractivity contribution in [3.63, 3.8) is 0 Å². The van der Waals surface area contributed by atoms with Crippen molar-refractivity contribution in [2.45, 2.75) is 71.8 Å². The first kappa shape index (κ1) is 13.0. The average molecular weight is 185 g/mol. The summed E-state index contributed by atoms with van der Waals surface area (Å²) in [7, 11) is 0. The molecule has 1 nitrogen and oxygen atoms in total. The minimum atomic E-state index is 0.465. The van der Waals surface area contributed by atoms with Gasteiger partial charge < -0.3 is 5.73 Å². The van der Waals surface area contributed by atoms with Crippen LogP contribution in [0.25, 0.3) is 0 Å². The van der Waals surface area contributed by atoms with Crippen LogP contribution in [0.3, 0.4) is 0 Å². The SMILES string of the molecule is CCCCC(N)CCCCC(C)C. The van der Waals surface area contributed by atoms with Crippen LogP contribution in [0.4, 0.5) is 0 Å². The molecule has 0 spiro atoms. The summed E-state index contributed by atoms with van der Waals surface area (Å²) in [6.45, 7) is 6.81. The van der Waals surface area contributed by atoms with E-state index in [1.807, 2.05) is 0 Å². The van der Waals surface area contributed by atoms with E-state index in [4.69, 9.17) is 5.73 Å². The first-order chi connectivity index (χ1) is 6.16. The lowest BCUT2D eigenvalue weighted by Gasteiger charge is -2.10. The van der Waals surface area contributed by atoms with E-state index in [0.717, 1.165) is 5.92 Å². The number of nitrogens with two attached hydrogens (primary N) is 1. The molecular weight excluding hydrogens is 158 g/mol. The lowest BCUT2D eigenvalue weighted by atomic mass is 10.0. The molecule has 0 bridgehead atoms. The summed E-state index contributed by atoms with van der Waals surface area (Å²) in [4.78, 5) is 0. The molecule has 0 aliphatic carbocycles. The number of hydrogen-bond acceptors (Lipinski definition) is 1. The fourth-order valence-electron chi connectivity index (χ4n) is 1.57. The molecular formula is C12H27N. The highest BCUT2D eigenvalue weighted by molar-refractivity contribution is 4.61. The van der Waals surface area contributed by atoms with Crippen LogP contribution in [0.2, 0.25) is 0 Å². The quantitative estimate of drug-likeness (QED) is 0.573. The lowest BCUT2D eigenvalue weighted by Crippen LogP contribution is -2.19. The molecule has 0 aliphatic heterocycles. The van der Waals surface area contributed by atoms with Crippen molar-refractivity contribution in [1.82, 2.24) is 0 Å². The van der Waals surface area contributed by atoms with Crippen LogP contribution in [-0.2, 0) is 0 Å². The van der Waals surface area contributed by atoms with Crippen molar-refractivity contribution in [1.29, 1.82) is 0 Å². The molecule has 80 valence electrons. The van der Waals surface area contributed by atoms with Crippen LogP contribution in [0, 0.1) is 5.92 Å². The summed E-state index contributed by atoms with van der Waals surface area (Å²) >= 11 is 0. The van der Waals surface area contributed by atoms with E-state index in [-0.39, 0.29) is 0 Å². The van der Waals surface area contributed by atoms with Gasteiger partial charge >= 0.3 is 0 Å². The van der Waals surface area contributed by atoms with Gasteiger partial charge in [0.25, 0.3) is 0 Å². The van der Waals surface area contributed by atoms with Crippen molar-refractivity contribution in [2.24, 2.45) is 11.7 Å². The highest BCUT2D eigenvalue weighted by atomic mass is 14.6. The topological polar surface area (TPSA) is 26.0 Å². The Morgan fingerprint density at radius 1 is 0.923 bits per heavy atom. The van der Waals surface area contributed by atoms with E-state index in [2.05, 4.69) is 20.8 Å². The van der Waals surface area contributed by atoms with Crippen LogP contribution in [-0.4, -0.2) is 6.04 Å². The monoisotopic (exact) mass is 185 g/mol. The van der Waals surface area contributed by atoms with Crippen molar-refractivity contribution in [3.8, 4) is 0 Å². The van der Waals surface area contributed by atoms with E-state index in [1.165, 1.54) is 44.9 Å². The molecule has 0 aliphatic rings. The lowest BCUT2D eigenvalue weighted by molar-refractivity contribution is 0.476. The van der Waals surface area contributed by atoms with Crippen molar-refractivity contribution in [2.75, 3.05) is 0 Å². The molecule has 1 heteroatoms. The molecule has 0 heterocycles. The first-order valence-electron chi connectivity index (χ1n) is 5.92. The van der Waals surface area contributed by atoms with E-state index >= 15 is 0 Å². The van der Waals surface area contributed by atoms with Crippen LogP contribution in [0.1, 0.15) is 65.7 Å². The van der Waals surface area contributed by atoms with Gasteiger partial charge in [0, 0.05) is 6.04 Å². The molecule has 0 fully saturated rings. The van der Waals surface area contributed by atoms with Crippen LogP contribution in [0.5, 0.6) is 0 Å². The summed E-state index contributed by atoms with van der Waals surface area (Å²) in [5.74, 6) is 0.854. The van der Waals surface area contributed by atoms with Gasteiger partial charge in [-0.3, -0.25) is 0 Å². The first-order valence-corrected chi connectivity index (χ1v) is 5.92. The van der Waals surface area contributed by atoms with Crippen molar-refractivity contribution in [3.05, 3.63) is 0 Å². The van der Waals surface area contributed by atoms with E-state index in [1.54, 1.807) is 0 Å². The van der Waals surface area contributed by atoms with Gasteiger partial charge in [-0.2, -0.15) is 0 Å². The third-order valence-corrected chi connectivity index (χ3v) is 2.53. The number of hydrogen-bond donors (Lipinski definition) is 1. The Morgan fingerprint density at radius 3 is 2.00 bits per heavy atom. The minimum Gasteiger partial charge on any atom is -0.328 e. The maximum Gasteiger partial charge on any atom is 0.00388 e. The number of rotatable bonds is 8. The summed E-state index contributed by atoms with van der Waals surface area (Å²) in [5, 5.41) is 0. The van der Waals surface area contributed by atoms with Crippen molar-refractivity contribution >= 4 is 0 Å². The smallest absolute Gasteiger partial charge is 0.00388 e. The fourth-order valence-corrected chi connectivity index (χ4v) is 1.57. The van der Waals surface area contributed by atoms with Gasteiger partial charge in [0.15, 0.2) is 0 Å². The second-order valence-electron chi connectivity index (χ2n) is 4.58. The zero-order valence-electron chi connectivity index (χ0n) is 9.68. The predicted octanol–water partition coefficient (Wildman–Crippen LogP) is 3.72. The van der Waals surface area contributed by atoms with Gasteiger partial charge in [-0.1, -0.05) is 52.9 Å². The molecule has 0 saturated carbocycles. The Labute approximate surface area is 84.1 Å². The summed E-state index contributed by atoms with van der Waals surface area (Å²) in [6.07, 6.45) is 9.07. The van der Waals surface area contributed by atoms with E-state index in [0.29, 0.717) is 6.04 Å². The second-order valence-corrected chi connectivity index (χ2v) is 4.58. The molecule has 13 heavy (non-hydrogen) atoms. The highest BCUT2D eigenvalue weighted by Crippen LogP contribution is 2.11. The van der Waals surface area contributed by atoms with Gasteiger partial charge in [0.1, 0.15) is 0 Å². The van der Waals surface area contributed by atoms with Crippen LogP contribution in [0.15, 0.2) is 0 Å². The fraction of sp³-hybridized carbons (Fsp3) is 1.00. The summed E-state index contributed by atoms with van der Waals surface area (Å²) in [6, 6.07) is 0.465. The molecule has 0 rings (SSSR count). The average Bonchev–Trinajstić information content (AvgIpc) is 2.08. The highest BCUT2D eigenvalue weighted by Gasteiger charge is 2.01. The molecule has 1 unspecified atom stereocenters. The molecule has 0 saturated heterocycles. The number of unbranched alkanes of at least 4 members (excludes halogenated alkanes) is 2. The Hall–Kier alpha value is -0.0400. The Balaban J connectivity index is 3.12. The van der Waals surface area contributed by atoms with Crippen LogP contribution < -0.4 is 5.73 Å². The standard InChI is InChI=1S/C12H27N/c1-4-5-9-12(13)10-7-6-8-11(2)3/h11-12H,4-10,13H2,1-3H3. The summed E-state index contributed by atoms with van der Waals surface area (Å²) < 4.78 is 0. The minimum absolute atomic E-state index is 0.465. The Kier molecular flexibility index (Phi) is 8.53. The maximum absolute atomic E-state index is 5.98.